The fraction of sp³-hybridized carbons (Fsp3) is 0.462. The van der Waals surface area contributed by atoms with E-state index in [2.05, 4.69) is 10.6 Å². The molecule has 18 heavy (non-hydrogen) atoms. The minimum absolute atomic E-state index is 0.0207. The van der Waals surface area contributed by atoms with Crippen LogP contribution in [-0.2, 0) is 6.42 Å². The predicted octanol–water partition coefficient (Wildman–Crippen LogP) is 0.128. The number of anilines is 1. The minimum Gasteiger partial charge on any atom is -0.393 e. The highest BCUT2D eigenvalue weighted by atomic mass is 16.3. The molecule has 0 bridgehead atoms. The fourth-order valence-electron chi connectivity index (χ4n) is 1.86. The van der Waals surface area contributed by atoms with Gasteiger partial charge < -0.3 is 20.8 Å². The van der Waals surface area contributed by atoms with Gasteiger partial charge in [0, 0.05) is 24.3 Å². The third kappa shape index (κ3) is 2.80. The number of amides is 1. The molecule has 0 spiro atoms. The van der Waals surface area contributed by atoms with Gasteiger partial charge >= 0.3 is 0 Å². The molecular weight excluding hydrogens is 232 g/mol. The number of fused-ring (bicyclic) bond motifs is 1. The minimum atomic E-state index is -1.29. The molecule has 98 valence electrons. The molecule has 0 aliphatic carbocycles. The van der Waals surface area contributed by atoms with Gasteiger partial charge in [-0.2, -0.15) is 0 Å². The number of aliphatic hydroxyl groups is 2. The van der Waals surface area contributed by atoms with Crippen LogP contribution in [0.2, 0.25) is 0 Å². The van der Waals surface area contributed by atoms with Crippen LogP contribution in [0.3, 0.4) is 0 Å². The van der Waals surface area contributed by atoms with Gasteiger partial charge in [-0.25, -0.2) is 0 Å². The Morgan fingerprint density at radius 2 is 2.33 bits per heavy atom. The summed E-state index contributed by atoms with van der Waals surface area (Å²) in [4.78, 5) is 11.9. The van der Waals surface area contributed by atoms with E-state index in [9.17, 15) is 9.90 Å². The van der Waals surface area contributed by atoms with Crippen molar-refractivity contribution in [3.05, 3.63) is 29.3 Å². The summed E-state index contributed by atoms with van der Waals surface area (Å²) in [5.74, 6) is -0.250. The molecule has 1 atom stereocenters. The Morgan fingerprint density at radius 3 is 3.06 bits per heavy atom. The van der Waals surface area contributed by atoms with Crippen molar-refractivity contribution in [2.45, 2.75) is 18.9 Å². The van der Waals surface area contributed by atoms with E-state index < -0.39 is 5.60 Å². The molecule has 4 N–H and O–H groups in total. The molecule has 1 unspecified atom stereocenters. The zero-order chi connectivity index (χ0) is 13.2. The molecule has 0 saturated heterocycles. The first-order valence-electron chi connectivity index (χ1n) is 6.00. The highest BCUT2D eigenvalue weighted by molar-refractivity contribution is 5.95. The topological polar surface area (TPSA) is 81.6 Å². The van der Waals surface area contributed by atoms with Gasteiger partial charge in [0.25, 0.3) is 5.91 Å². The number of hydrogen-bond acceptors (Lipinski definition) is 4. The second kappa shape index (κ2) is 4.96. The zero-order valence-electron chi connectivity index (χ0n) is 10.4. The first-order valence-corrected chi connectivity index (χ1v) is 6.00. The predicted molar refractivity (Wildman–Crippen MR) is 68.7 cm³/mol. The number of carbonyl (C=O) groups is 1. The SMILES string of the molecule is CC(O)(CO)CNC(=O)c1ccc2c(c1)NCC2. The molecule has 1 aliphatic rings. The van der Waals surface area contributed by atoms with Gasteiger partial charge in [-0.15, -0.1) is 0 Å². The highest BCUT2D eigenvalue weighted by Gasteiger charge is 2.20. The third-order valence-electron chi connectivity index (χ3n) is 3.05. The summed E-state index contributed by atoms with van der Waals surface area (Å²) in [5.41, 5.74) is 1.48. The van der Waals surface area contributed by atoms with Crippen LogP contribution in [0.25, 0.3) is 0 Å². The Hall–Kier alpha value is -1.59. The van der Waals surface area contributed by atoms with Crippen molar-refractivity contribution in [1.29, 1.82) is 0 Å². The van der Waals surface area contributed by atoms with E-state index >= 15 is 0 Å². The monoisotopic (exact) mass is 250 g/mol. The standard InChI is InChI=1S/C13H18N2O3/c1-13(18,8-16)7-15-12(17)10-3-2-9-4-5-14-11(9)6-10/h2-3,6,14,16,18H,4-5,7-8H2,1H3,(H,15,17). The molecule has 2 rings (SSSR count). The van der Waals surface area contributed by atoms with Crippen molar-refractivity contribution < 1.29 is 15.0 Å². The van der Waals surface area contributed by atoms with Crippen LogP contribution in [0, 0.1) is 0 Å². The van der Waals surface area contributed by atoms with E-state index in [1.54, 1.807) is 6.07 Å². The molecule has 1 aliphatic heterocycles. The van der Waals surface area contributed by atoms with Crippen molar-refractivity contribution in [3.8, 4) is 0 Å². The molecule has 0 saturated carbocycles. The van der Waals surface area contributed by atoms with Gasteiger partial charge in [0.05, 0.1) is 6.61 Å². The van der Waals surface area contributed by atoms with Crippen LogP contribution >= 0.6 is 0 Å². The van der Waals surface area contributed by atoms with Gasteiger partial charge in [0.1, 0.15) is 5.60 Å². The smallest absolute Gasteiger partial charge is 0.251 e. The van der Waals surface area contributed by atoms with Gasteiger partial charge in [0.15, 0.2) is 0 Å². The third-order valence-corrected chi connectivity index (χ3v) is 3.05. The number of carbonyl (C=O) groups excluding carboxylic acids is 1. The summed E-state index contributed by atoms with van der Waals surface area (Å²) >= 11 is 0. The van der Waals surface area contributed by atoms with Crippen molar-refractivity contribution in [2.75, 3.05) is 25.0 Å². The Kier molecular flexibility index (Phi) is 3.54. The molecule has 0 aromatic heterocycles. The number of benzene rings is 1. The van der Waals surface area contributed by atoms with E-state index in [1.165, 1.54) is 12.5 Å². The molecule has 1 aromatic carbocycles. The maximum Gasteiger partial charge on any atom is 0.251 e. The van der Waals surface area contributed by atoms with Gasteiger partial charge in [0.2, 0.25) is 0 Å². The van der Waals surface area contributed by atoms with Gasteiger partial charge in [-0.1, -0.05) is 6.07 Å². The summed E-state index contributed by atoms with van der Waals surface area (Å²) in [6.07, 6.45) is 0.983. The average Bonchev–Trinajstić information content (AvgIpc) is 2.83. The summed E-state index contributed by atoms with van der Waals surface area (Å²) < 4.78 is 0. The number of hydrogen-bond donors (Lipinski definition) is 4. The molecular formula is C13H18N2O3. The van der Waals surface area contributed by atoms with Crippen molar-refractivity contribution in [1.82, 2.24) is 5.32 Å². The molecule has 5 heteroatoms. The Bertz CT molecular complexity index is 458. The van der Waals surface area contributed by atoms with Gasteiger partial charge in [-0.3, -0.25) is 4.79 Å². The van der Waals surface area contributed by atoms with Crippen molar-refractivity contribution in [3.63, 3.8) is 0 Å². The van der Waals surface area contributed by atoms with E-state index in [-0.39, 0.29) is 19.1 Å². The van der Waals surface area contributed by atoms with Crippen LogP contribution < -0.4 is 10.6 Å². The first kappa shape index (κ1) is 12.9. The maximum atomic E-state index is 11.9. The lowest BCUT2D eigenvalue weighted by atomic mass is 10.1. The van der Waals surface area contributed by atoms with Crippen molar-refractivity contribution >= 4 is 11.6 Å². The summed E-state index contributed by atoms with van der Waals surface area (Å²) in [5, 5.41) is 24.3. The van der Waals surface area contributed by atoms with Crippen LogP contribution in [-0.4, -0.2) is 41.4 Å². The lowest BCUT2D eigenvalue weighted by Gasteiger charge is -2.20. The Balaban J connectivity index is 2.01. The zero-order valence-corrected chi connectivity index (χ0v) is 10.4. The van der Waals surface area contributed by atoms with E-state index in [4.69, 9.17) is 5.11 Å². The first-order chi connectivity index (χ1) is 8.52. The van der Waals surface area contributed by atoms with Crippen LogP contribution in [0.5, 0.6) is 0 Å². The molecule has 0 radical (unpaired) electrons. The van der Waals surface area contributed by atoms with Crippen molar-refractivity contribution in [2.24, 2.45) is 0 Å². The van der Waals surface area contributed by atoms with E-state index in [0.717, 1.165) is 18.7 Å². The normalized spacial score (nSPS) is 16.6. The lowest BCUT2D eigenvalue weighted by Crippen LogP contribution is -2.43. The fourth-order valence-corrected chi connectivity index (χ4v) is 1.86. The summed E-state index contributed by atoms with van der Waals surface area (Å²) in [6.45, 7) is 2.00. The average molecular weight is 250 g/mol. The molecule has 0 fully saturated rings. The van der Waals surface area contributed by atoms with Crippen LogP contribution in [0.4, 0.5) is 5.69 Å². The van der Waals surface area contributed by atoms with Crippen LogP contribution in [0.1, 0.15) is 22.8 Å². The second-order valence-electron chi connectivity index (χ2n) is 4.89. The Labute approximate surface area is 106 Å². The quantitative estimate of drug-likeness (QED) is 0.612. The van der Waals surface area contributed by atoms with E-state index in [0.29, 0.717) is 5.56 Å². The van der Waals surface area contributed by atoms with Gasteiger partial charge in [-0.05, 0) is 31.0 Å². The molecule has 5 nitrogen and oxygen atoms in total. The van der Waals surface area contributed by atoms with E-state index in [1.807, 2.05) is 12.1 Å². The number of rotatable bonds is 4. The lowest BCUT2D eigenvalue weighted by molar-refractivity contribution is 0.00320. The summed E-state index contributed by atoms with van der Waals surface area (Å²) in [7, 11) is 0. The second-order valence-corrected chi connectivity index (χ2v) is 4.89. The molecule has 1 amide bonds. The highest BCUT2D eigenvalue weighted by Crippen LogP contribution is 2.23. The largest absolute Gasteiger partial charge is 0.393 e. The number of nitrogens with one attached hydrogen (secondary N) is 2. The molecule has 1 aromatic rings. The number of aliphatic hydroxyl groups excluding tert-OH is 1. The Morgan fingerprint density at radius 1 is 1.56 bits per heavy atom. The summed E-state index contributed by atoms with van der Waals surface area (Å²) in [6, 6.07) is 5.52. The maximum absolute atomic E-state index is 11.9. The molecule has 1 heterocycles. The van der Waals surface area contributed by atoms with Crippen LogP contribution in [0.15, 0.2) is 18.2 Å².